The van der Waals surface area contributed by atoms with Crippen LogP contribution < -0.4 is 10.4 Å². The number of para-hydroxylation sites is 1. The van der Waals surface area contributed by atoms with Gasteiger partial charge in [0.15, 0.2) is 11.3 Å². The Kier molecular flexibility index (Phi) is 3.50. The molecule has 4 aromatic rings. The third kappa shape index (κ3) is 2.43. The molecule has 120 valence electrons. The molecule has 0 radical (unpaired) electrons. The van der Waals surface area contributed by atoms with E-state index in [4.69, 9.17) is 20.8 Å². The quantitative estimate of drug-likeness (QED) is 0.562. The Morgan fingerprint density at radius 1 is 1.25 bits per heavy atom. The van der Waals surface area contributed by atoms with E-state index in [9.17, 15) is 4.79 Å². The second-order valence-electron chi connectivity index (χ2n) is 5.30. The van der Waals surface area contributed by atoms with Crippen LogP contribution in [0.25, 0.3) is 33.4 Å². The smallest absolute Gasteiger partial charge is 0.347 e. The molecule has 0 aliphatic heterocycles. The van der Waals surface area contributed by atoms with Gasteiger partial charge in [-0.25, -0.2) is 9.78 Å². The first kappa shape index (κ1) is 14.8. The van der Waals surface area contributed by atoms with Crippen molar-refractivity contribution >= 4 is 33.6 Å². The van der Waals surface area contributed by atoms with Gasteiger partial charge in [0.25, 0.3) is 0 Å². The fraction of sp³-hybridized carbons (Fsp3) is 0.111. The van der Waals surface area contributed by atoms with Crippen molar-refractivity contribution in [1.29, 1.82) is 0 Å². The van der Waals surface area contributed by atoms with Gasteiger partial charge < -0.3 is 14.1 Å². The van der Waals surface area contributed by atoms with E-state index in [1.807, 2.05) is 19.1 Å². The number of halogens is 1. The molecule has 0 aliphatic rings. The maximum absolute atomic E-state index is 12.4. The second-order valence-corrected chi connectivity index (χ2v) is 5.74. The van der Waals surface area contributed by atoms with E-state index in [1.165, 1.54) is 0 Å². The maximum Gasteiger partial charge on any atom is 0.347 e. The first-order valence-electron chi connectivity index (χ1n) is 7.51. The molecular weight excluding hydrogens is 328 g/mol. The summed E-state index contributed by atoms with van der Waals surface area (Å²) in [6.07, 6.45) is 0. The molecule has 0 unspecified atom stereocenters. The van der Waals surface area contributed by atoms with Gasteiger partial charge >= 0.3 is 5.63 Å². The van der Waals surface area contributed by atoms with Gasteiger partial charge in [0.1, 0.15) is 11.4 Å². The van der Waals surface area contributed by atoms with Crippen molar-refractivity contribution in [2.24, 2.45) is 0 Å². The van der Waals surface area contributed by atoms with E-state index < -0.39 is 5.63 Å². The zero-order chi connectivity index (χ0) is 16.7. The predicted molar refractivity (Wildman–Crippen MR) is 93.8 cm³/mol. The minimum absolute atomic E-state index is 0.364. The highest BCUT2D eigenvalue weighted by atomic mass is 35.5. The summed E-state index contributed by atoms with van der Waals surface area (Å²) < 4.78 is 11.0. The minimum Gasteiger partial charge on any atom is -0.490 e. The van der Waals surface area contributed by atoms with Crippen molar-refractivity contribution in [3.8, 4) is 17.1 Å². The summed E-state index contributed by atoms with van der Waals surface area (Å²) in [5.74, 6) is 1.000. The molecule has 1 N–H and O–H groups in total. The first-order chi connectivity index (χ1) is 11.7. The number of aromatic nitrogens is 2. The number of aromatic amines is 1. The van der Waals surface area contributed by atoms with Crippen LogP contribution in [0.3, 0.4) is 0 Å². The highest BCUT2D eigenvalue weighted by Crippen LogP contribution is 2.28. The zero-order valence-electron chi connectivity index (χ0n) is 12.8. The van der Waals surface area contributed by atoms with Crippen LogP contribution >= 0.6 is 11.6 Å². The molecule has 2 aromatic carbocycles. The predicted octanol–water partition coefficient (Wildman–Crippen LogP) is 4.39. The Morgan fingerprint density at radius 2 is 2.12 bits per heavy atom. The van der Waals surface area contributed by atoms with Crippen molar-refractivity contribution < 1.29 is 9.15 Å². The normalized spacial score (nSPS) is 11.2. The average molecular weight is 341 g/mol. The summed E-state index contributed by atoms with van der Waals surface area (Å²) in [5, 5.41) is 1.37. The van der Waals surface area contributed by atoms with Crippen molar-refractivity contribution in [3.63, 3.8) is 0 Å². The SMILES string of the molecule is CCOc1cccc2cc(-c3nc4ccc(Cl)cc4[nH]3)c(=O)oc12. The van der Waals surface area contributed by atoms with Gasteiger partial charge in [0.05, 0.1) is 17.6 Å². The van der Waals surface area contributed by atoms with Crippen molar-refractivity contribution in [2.75, 3.05) is 6.61 Å². The van der Waals surface area contributed by atoms with Gasteiger partial charge in [-0.1, -0.05) is 23.7 Å². The van der Waals surface area contributed by atoms with Crippen LogP contribution in [-0.2, 0) is 0 Å². The van der Waals surface area contributed by atoms with Crippen LogP contribution in [0.2, 0.25) is 5.02 Å². The topological polar surface area (TPSA) is 68.1 Å². The van der Waals surface area contributed by atoms with Gasteiger partial charge in [-0.2, -0.15) is 0 Å². The van der Waals surface area contributed by atoms with E-state index in [2.05, 4.69) is 9.97 Å². The summed E-state index contributed by atoms with van der Waals surface area (Å²) in [4.78, 5) is 20.0. The number of H-pyrrole nitrogens is 1. The largest absolute Gasteiger partial charge is 0.490 e. The minimum atomic E-state index is -0.472. The van der Waals surface area contributed by atoms with Gasteiger partial charge in [-0.15, -0.1) is 0 Å². The molecule has 0 atom stereocenters. The highest BCUT2D eigenvalue weighted by Gasteiger charge is 2.14. The lowest BCUT2D eigenvalue weighted by molar-refractivity contribution is 0.337. The molecule has 0 saturated carbocycles. The lowest BCUT2D eigenvalue weighted by Crippen LogP contribution is -2.04. The van der Waals surface area contributed by atoms with Gasteiger partial charge in [0, 0.05) is 10.4 Å². The fourth-order valence-electron chi connectivity index (χ4n) is 2.66. The summed E-state index contributed by atoms with van der Waals surface area (Å²) >= 11 is 5.99. The Balaban J connectivity index is 1.92. The third-order valence-corrected chi connectivity index (χ3v) is 3.96. The van der Waals surface area contributed by atoms with Crippen molar-refractivity contribution in [1.82, 2.24) is 9.97 Å². The van der Waals surface area contributed by atoms with Crippen LogP contribution in [0.15, 0.2) is 51.7 Å². The molecular formula is C18H13ClN2O3. The summed E-state index contributed by atoms with van der Waals surface area (Å²) in [5.41, 5.74) is 1.83. The number of hydrogen-bond acceptors (Lipinski definition) is 4. The van der Waals surface area contributed by atoms with Crippen LogP contribution in [0.5, 0.6) is 5.75 Å². The average Bonchev–Trinajstić information content (AvgIpc) is 2.98. The number of nitrogens with one attached hydrogen (secondary N) is 1. The number of nitrogens with zero attached hydrogens (tertiary/aromatic N) is 1. The lowest BCUT2D eigenvalue weighted by atomic mass is 10.1. The van der Waals surface area contributed by atoms with E-state index >= 15 is 0 Å². The molecule has 2 heterocycles. The van der Waals surface area contributed by atoms with Gasteiger partial charge in [-0.05, 0) is 37.3 Å². The van der Waals surface area contributed by atoms with Crippen molar-refractivity contribution in [2.45, 2.75) is 6.92 Å². The van der Waals surface area contributed by atoms with Gasteiger partial charge in [0.2, 0.25) is 0 Å². The van der Waals surface area contributed by atoms with Crippen LogP contribution in [0.1, 0.15) is 6.92 Å². The fourth-order valence-corrected chi connectivity index (χ4v) is 2.83. The molecule has 0 saturated heterocycles. The molecule has 6 heteroatoms. The number of fused-ring (bicyclic) bond motifs is 2. The molecule has 0 fully saturated rings. The maximum atomic E-state index is 12.4. The Morgan fingerprint density at radius 3 is 2.96 bits per heavy atom. The number of ether oxygens (including phenoxy) is 1. The number of hydrogen-bond donors (Lipinski definition) is 1. The second kappa shape index (κ2) is 5.69. The number of rotatable bonds is 3. The molecule has 4 rings (SSSR count). The Hall–Kier alpha value is -2.79. The van der Waals surface area contributed by atoms with E-state index in [1.54, 1.807) is 30.3 Å². The Labute approximate surface area is 141 Å². The molecule has 0 bridgehead atoms. The molecule has 5 nitrogen and oxygen atoms in total. The molecule has 2 aromatic heterocycles. The van der Waals surface area contributed by atoms with Gasteiger partial charge in [-0.3, -0.25) is 0 Å². The molecule has 24 heavy (non-hydrogen) atoms. The summed E-state index contributed by atoms with van der Waals surface area (Å²) in [6.45, 7) is 2.37. The van der Waals surface area contributed by atoms with E-state index in [0.29, 0.717) is 34.3 Å². The third-order valence-electron chi connectivity index (χ3n) is 3.72. The van der Waals surface area contributed by atoms with Crippen LogP contribution in [-0.4, -0.2) is 16.6 Å². The van der Waals surface area contributed by atoms with E-state index in [0.717, 1.165) is 16.4 Å². The summed E-state index contributed by atoms with van der Waals surface area (Å²) in [6, 6.07) is 12.6. The lowest BCUT2D eigenvalue weighted by Gasteiger charge is -2.06. The van der Waals surface area contributed by atoms with Crippen LogP contribution in [0.4, 0.5) is 0 Å². The Bertz CT molecular complexity index is 1110. The highest BCUT2D eigenvalue weighted by molar-refractivity contribution is 6.31. The summed E-state index contributed by atoms with van der Waals surface area (Å²) in [7, 11) is 0. The zero-order valence-corrected chi connectivity index (χ0v) is 13.6. The monoisotopic (exact) mass is 340 g/mol. The first-order valence-corrected chi connectivity index (χ1v) is 7.89. The molecule has 0 aliphatic carbocycles. The van der Waals surface area contributed by atoms with Crippen molar-refractivity contribution in [3.05, 3.63) is 57.9 Å². The van der Waals surface area contributed by atoms with Crippen LogP contribution in [0, 0.1) is 0 Å². The molecule has 0 spiro atoms. The van der Waals surface area contributed by atoms with E-state index in [-0.39, 0.29) is 0 Å². The number of imidazole rings is 1. The molecule has 0 amide bonds. The number of benzene rings is 2. The standard InChI is InChI=1S/C18H13ClN2O3/c1-2-23-15-5-3-4-10-8-12(18(22)24-16(10)15)17-20-13-7-6-11(19)9-14(13)21-17/h3-9H,2H2,1H3,(H,20,21).